The van der Waals surface area contributed by atoms with Crippen molar-refractivity contribution in [1.29, 1.82) is 0 Å². The highest BCUT2D eigenvalue weighted by Crippen LogP contribution is 2.42. The standard InChI is InChI=1S/C21H26N2O4/c1-15-11-18(27-22-15)13-20(25)23-9-7-21(8-10-23)14-17(24)12-19(26-21)16-5-3-2-4-6-16/h2-6,11,17,19,24H,7-10,12-14H2,1H3/t17-,19+/m0/s1. The first-order chi connectivity index (χ1) is 13.0. The first-order valence-corrected chi connectivity index (χ1v) is 9.64. The summed E-state index contributed by atoms with van der Waals surface area (Å²) in [5.74, 6) is 0.656. The minimum absolute atomic E-state index is 0.0527. The van der Waals surface area contributed by atoms with E-state index in [1.54, 1.807) is 6.07 Å². The quantitative estimate of drug-likeness (QED) is 0.899. The molecule has 4 rings (SSSR count). The molecule has 1 N–H and O–H groups in total. The highest BCUT2D eigenvalue weighted by Gasteiger charge is 2.44. The van der Waals surface area contributed by atoms with Crippen LogP contribution in [0.15, 0.2) is 40.9 Å². The molecule has 2 aromatic rings. The number of likely N-dealkylation sites (tertiary alicyclic amines) is 1. The molecule has 27 heavy (non-hydrogen) atoms. The number of benzene rings is 1. The number of carbonyl (C=O) groups excluding carboxylic acids is 1. The Balaban J connectivity index is 1.39. The summed E-state index contributed by atoms with van der Waals surface area (Å²) in [7, 11) is 0. The van der Waals surface area contributed by atoms with Crippen LogP contribution in [0.3, 0.4) is 0 Å². The van der Waals surface area contributed by atoms with Gasteiger partial charge in [-0.25, -0.2) is 0 Å². The van der Waals surface area contributed by atoms with E-state index in [9.17, 15) is 9.90 Å². The SMILES string of the molecule is Cc1cc(CC(=O)N2CCC3(CC2)C[C@@H](O)C[C@H](c2ccccc2)O3)on1. The van der Waals surface area contributed by atoms with Gasteiger partial charge in [-0.3, -0.25) is 4.79 Å². The average molecular weight is 370 g/mol. The van der Waals surface area contributed by atoms with Gasteiger partial charge in [0.25, 0.3) is 0 Å². The smallest absolute Gasteiger partial charge is 0.230 e. The maximum atomic E-state index is 12.5. The van der Waals surface area contributed by atoms with Gasteiger partial charge in [0.05, 0.1) is 29.9 Å². The molecule has 1 aromatic carbocycles. The van der Waals surface area contributed by atoms with Crippen molar-refractivity contribution < 1.29 is 19.2 Å². The Hall–Kier alpha value is -2.18. The number of ether oxygens (including phenoxy) is 1. The number of rotatable bonds is 3. The van der Waals surface area contributed by atoms with Crippen LogP contribution in [0.1, 0.15) is 48.8 Å². The number of hydrogen-bond donors (Lipinski definition) is 1. The van der Waals surface area contributed by atoms with Crippen molar-refractivity contribution in [1.82, 2.24) is 10.1 Å². The summed E-state index contributed by atoms with van der Waals surface area (Å²) >= 11 is 0. The molecule has 1 spiro atoms. The molecule has 6 heteroatoms. The number of piperidine rings is 1. The Morgan fingerprint density at radius 3 is 2.70 bits per heavy atom. The Morgan fingerprint density at radius 1 is 1.30 bits per heavy atom. The lowest BCUT2D eigenvalue weighted by molar-refractivity contribution is -0.185. The van der Waals surface area contributed by atoms with Crippen molar-refractivity contribution in [2.24, 2.45) is 0 Å². The summed E-state index contributed by atoms with van der Waals surface area (Å²) < 4.78 is 11.7. The zero-order valence-electron chi connectivity index (χ0n) is 15.6. The molecule has 2 aliphatic heterocycles. The second-order valence-corrected chi connectivity index (χ2v) is 7.79. The largest absolute Gasteiger partial charge is 0.393 e. The van der Waals surface area contributed by atoms with Gasteiger partial charge in [-0.15, -0.1) is 0 Å². The predicted molar refractivity (Wildman–Crippen MR) is 99.0 cm³/mol. The summed E-state index contributed by atoms with van der Waals surface area (Å²) in [6.07, 6.45) is 2.53. The van der Waals surface area contributed by atoms with Crippen molar-refractivity contribution in [3.63, 3.8) is 0 Å². The van der Waals surface area contributed by atoms with Gasteiger partial charge in [-0.05, 0) is 25.3 Å². The Bertz CT molecular complexity index is 780. The van der Waals surface area contributed by atoms with Gasteiger partial charge in [0, 0.05) is 32.0 Å². The number of aliphatic hydroxyl groups is 1. The molecular formula is C21H26N2O4. The van der Waals surface area contributed by atoms with E-state index in [1.165, 1.54) is 0 Å². The third-order valence-electron chi connectivity index (χ3n) is 5.69. The van der Waals surface area contributed by atoms with Crippen molar-refractivity contribution in [2.75, 3.05) is 13.1 Å². The van der Waals surface area contributed by atoms with E-state index in [0.717, 1.165) is 24.1 Å². The third-order valence-corrected chi connectivity index (χ3v) is 5.69. The number of hydrogen-bond acceptors (Lipinski definition) is 5. The van der Waals surface area contributed by atoms with Gasteiger partial charge in [0.2, 0.25) is 5.91 Å². The van der Waals surface area contributed by atoms with Crippen LogP contribution in [-0.2, 0) is 16.0 Å². The van der Waals surface area contributed by atoms with E-state index in [1.807, 2.05) is 30.0 Å². The summed E-state index contributed by atoms with van der Waals surface area (Å²) in [5, 5.41) is 14.3. The fourth-order valence-corrected chi connectivity index (χ4v) is 4.28. The van der Waals surface area contributed by atoms with Crippen LogP contribution in [0, 0.1) is 6.92 Å². The van der Waals surface area contributed by atoms with Crippen LogP contribution in [0.25, 0.3) is 0 Å². The van der Waals surface area contributed by atoms with Gasteiger partial charge in [-0.1, -0.05) is 35.5 Å². The van der Waals surface area contributed by atoms with Crippen molar-refractivity contribution >= 4 is 5.91 Å². The lowest BCUT2D eigenvalue weighted by Gasteiger charge is -2.48. The first kappa shape index (κ1) is 18.2. The molecule has 0 saturated carbocycles. The molecule has 0 unspecified atom stereocenters. The topological polar surface area (TPSA) is 75.8 Å². The second-order valence-electron chi connectivity index (χ2n) is 7.79. The van der Waals surface area contributed by atoms with Crippen molar-refractivity contribution in [3.8, 4) is 0 Å². The molecular weight excluding hydrogens is 344 g/mol. The zero-order valence-corrected chi connectivity index (χ0v) is 15.6. The molecule has 3 heterocycles. The number of aromatic nitrogens is 1. The maximum absolute atomic E-state index is 12.5. The van der Waals surface area contributed by atoms with E-state index < -0.39 is 0 Å². The van der Waals surface area contributed by atoms with Crippen LogP contribution in [0.5, 0.6) is 0 Å². The van der Waals surface area contributed by atoms with E-state index in [4.69, 9.17) is 9.26 Å². The normalized spacial score (nSPS) is 24.9. The van der Waals surface area contributed by atoms with Crippen LogP contribution < -0.4 is 0 Å². The number of carbonyl (C=O) groups is 1. The van der Waals surface area contributed by atoms with Gasteiger partial charge in [0.1, 0.15) is 5.76 Å². The Kier molecular flexibility index (Phi) is 5.02. The van der Waals surface area contributed by atoms with Gasteiger partial charge in [0.15, 0.2) is 0 Å². The van der Waals surface area contributed by atoms with Crippen molar-refractivity contribution in [3.05, 3.63) is 53.4 Å². The monoisotopic (exact) mass is 370 g/mol. The molecule has 0 bridgehead atoms. The second kappa shape index (κ2) is 7.44. The summed E-state index contributed by atoms with van der Waals surface area (Å²) in [6, 6.07) is 11.9. The van der Waals surface area contributed by atoms with Crippen LogP contribution in [-0.4, -0.2) is 45.9 Å². The highest BCUT2D eigenvalue weighted by atomic mass is 16.5. The van der Waals surface area contributed by atoms with Gasteiger partial charge in [-0.2, -0.15) is 0 Å². The maximum Gasteiger partial charge on any atom is 0.230 e. The van der Waals surface area contributed by atoms with Crippen molar-refractivity contribution in [2.45, 2.75) is 56.8 Å². The van der Waals surface area contributed by atoms with Crippen LogP contribution in [0.2, 0.25) is 0 Å². The van der Waals surface area contributed by atoms with E-state index in [2.05, 4.69) is 17.3 Å². The van der Waals surface area contributed by atoms with E-state index in [0.29, 0.717) is 31.7 Å². The van der Waals surface area contributed by atoms with Gasteiger partial charge >= 0.3 is 0 Å². The summed E-state index contributed by atoms with van der Waals surface area (Å²) in [4.78, 5) is 14.4. The number of nitrogens with zero attached hydrogens (tertiary/aromatic N) is 2. The minimum atomic E-state index is -0.372. The molecule has 2 saturated heterocycles. The molecule has 144 valence electrons. The fourth-order valence-electron chi connectivity index (χ4n) is 4.28. The number of amides is 1. The Morgan fingerprint density at radius 2 is 2.04 bits per heavy atom. The highest BCUT2D eigenvalue weighted by molar-refractivity contribution is 5.78. The molecule has 0 radical (unpaired) electrons. The molecule has 0 aliphatic carbocycles. The average Bonchev–Trinajstić information content (AvgIpc) is 3.07. The van der Waals surface area contributed by atoms with Crippen LogP contribution in [0.4, 0.5) is 0 Å². The molecule has 2 atom stereocenters. The molecule has 2 aliphatic rings. The summed E-state index contributed by atoms with van der Waals surface area (Å²) in [6.45, 7) is 3.12. The molecule has 6 nitrogen and oxygen atoms in total. The van der Waals surface area contributed by atoms with E-state index in [-0.39, 0.29) is 30.1 Å². The molecule has 1 aromatic heterocycles. The number of aliphatic hydroxyl groups excluding tert-OH is 1. The minimum Gasteiger partial charge on any atom is -0.393 e. The third kappa shape index (κ3) is 4.06. The van der Waals surface area contributed by atoms with Crippen LogP contribution >= 0.6 is 0 Å². The number of aryl methyl sites for hydroxylation is 1. The van der Waals surface area contributed by atoms with Gasteiger partial charge < -0.3 is 19.3 Å². The van der Waals surface area contributed by atoms with E-state index >= 15 is 0 Å². The fraction of sp³-hybridized carbons (Fsp3) is 0.524. The lowest BCUT2D eigenvalue weighted by atomic mass is 9.81. The Labute approximate surface area is 159 Å². The summed E-state index contributed by atoms with van der Waals surface area (Å²) in [5.41, 5.74) is 1.54. The first-order valence-electron chi connectivity index (χ1n) is 9.64. The lowest BCUT2D eigenvalue weighted by Crippen LogP contribution is -2.52. The molecule has 2 fully saturated rings. The molecule has 1 amide bonds. The predicted octanol–water partition coefficient (Wildman–Crippen LogP) is 2.80. The zero-order chi connectivity index (χ0) is 18.9.